The van der Waals surface area contributed by atoms with E-state index in [2.05, 4.69) is 21.7 Å². The summed E-state index contributed by atoms with van der Waals surface area (Å²) in [6.45, 7) is 0.954. The summed E-state index contributed by atoms with van der Waals surface area (Å²) in [5.41, 5.74) is 2.52. The molecule has 1 saturated heterocycles. The molecule has 1 atom stereocenters. The molecule has 21 heavy (non-hydrogen) atoms. The Morgan fingerprint density at radius 2 is 2.33 bits per heavy atom. The van der Waals surface area contributed by atoms with Crippen LogP contribution < -0.4 is 0 Å². The molecule has 0 radical (unpaired) electrons. The van der Waals surface area contributed by atoms with Crippen LogP contribution in [0.3, 0.4) is 0 Å². The molecule has 1 aliphatic heterocycles. The summed E-state index contributed by atoms with van der Waals surface area (Å²) in [7, 11) is 0. The number of para-hydroxylation sites is 1. The van der Waals surface area contributed by atoms with Gasteiger partial charge in [0.15, 0.2) is 0 Å². The maximum atomic E-state index is 9.25. The van der Waals surface area contributed by atoms with E-state index in [-0.39, 0.29) is 0 Å². The molecule has 1 aromatic carbocycles. The molecule has 0 amide bonds. The monoisotopic (exact) mass is 337 g/mol. The molecule has 1 aliphatic rings. The lowest BCUT2D eigenvalue weighted by Gasteiger charge is -2.22. The van der Waals surface area contributed by atoms with E-state index in [1.54, 1.807) is 0 Å². The van der Waals surface area contributed by atoms with Crippen LogP contribution in [-0.2, 0) is 13.0 Å². The molecule has 2 aromatic rings. The molecule has 0 bridgehead atoms. The minimum absolute atomic E-state index is 0.553. The number of rotatable bonds is 4. The highest BCUT2D eigenvalue weighted by Gasteiger charge is 2.19. The number of aromatic nitrogens is 2. The number of nitrogens with zero attached hydrogens (tertiary/aromatic N) is 3. The van der Waals surface area contributed by atoms with Crippen molar-refractivity contribution in [3.8, 4) is 6.07 Å². The van der Waals surface area contributed by atoms with Crippen molar-refractivity contribution >= 4 is 46.2 Å². The minimum Gasteiger partial charge on any atom is -0.327 e. The molecule has 6 heteroatoms. The Labute approximate surface area is 138 Å². The Morgan fingerprint density at radius 1 is 1.43 bits per heavy atom. The van der Waals surface area contributed by atoms with E-state index < -0.39 is 0 Å². The van der Waals surface area contributed by atoms with Crippen molar-refractivity contribution in [2.75, 3.05) is 23.1 Å². The number of halogens is 1. The summed E-state index contributed by atoms with van der Waals surface area (Å²) in [5.74, 6) is 5.20. The highest BCUT2D eigenvalue weighted by molar-refractivity contribution is 8.06. The van der Waals surface area contributed by atoms with Crippen LogP contribution in [0.1, 0.15) is 11.4 Å². The fourth-order valence-corrected chi connectivity index (χ4v) is 5.43. The van der Waals surface area contributed by atoms with Gasteiger partial charge in [-0.1, -0.05) is 6.07 Å². The third-order valence-corrected chi connectivity index (χ3v) is 6.58. The second-order valence-corrected chi connectivity index (χ2v) is 7.87. The van der Waals surface area contributed by atoms with E-state index in [0.717, 1.165) is 29.8 Å². The van der Waals surface area contributed by atoms with E-state index in [1.807, 2.05) is 35.7 Å². The van der Waals surface area contributed by atoms with Gasteiger partial charge in [0, 0.05) is 41.4 Å². The van der Waals surface area contributed by atoms with Gasteiger partial charge in [-0.3, -0.25) is 0 Å². The highest BCUT2D eigenvalue weighted by atomic mass is 35.5. The quantitative estimate of drug-likeness (QED) is 0.800. The number of aryl methyl sites for hydroxylation is 1. The van der Waals surface area contributed by atoms with Crippen LogP contribution in [-0.4, -0.2) is 37.9 Å². The highest BCUT2D eigenvalue weighted by Crippen LogP contribution is 2.28. The van der Waals surface area contributed by atoms with Gasteiger partial charge < -0.3 is 4.57 Å². The standard InChI is InChI=1S/C15H16ClN3S2/c16-5-4-14-18-15-11(8-17)2-1-3-13(15)19(14)9-12-10-20-6-7-21-12/h1-3,12H,4-7,9-10H2. The zero-order valence-electron chi connectivity index (χ0n) is 11.6. The van der Waals surface area contributed by atoms with Gasteiger partial charge in [-0.05, 0) is 12.1 Å². The van der Waals surface area contributed by atoms with Crippen LogP contribution >= 0.6 is 35.1 Å². The third-order valence-electron chi connectivity index (χ3n) is 3.57. The number of alkyl halides is 1. The Morgan fingerprint density at radius 3 is 3.05 bits per heavy atom. The molecule has 1 unspecified atom stereocenters. The van der Waals surface area contributed by atoms with Crippen LogP contribution in [0.4, 0.5) is 0 Å². The van der Waals surface area contributed by atoms with Gasteiger partial charge in [-0.2, -0.15) is 28.8 Å². The molecule has 0 N–H and O–H groups in total. The lowest BCUT2D eigenvalue weighted by atomic mass is 10.2. The zero-order chi connectivity index (χ0) is 14.7. The Hall–Kier alpha value is -0.830. The average Bonchev–Trinajstić information content (AvgIpc) is 2.87. The topological polar surface area (TPSA) is 41.6 Å². The van der Waals surface area contributed by atoms with Gasteiger partial charge >= 0.3 is 0 Å². The first kappa shape index (κ1) is 15.1. The summed E-state index contributed by atoms with van der Waals surface area (Å²) in [6, 6.07) is 8.06. The predicted octanol–water partition coefficient (Wildman–Crippen LogP) is 3.54. The molecule has 3 nitrogen and oxygen atoms in total. The van der Waals surface area contributed by atoms with Crippen LogP contribution in [0.5, 0.6) is 0 Å². The molecule has 0 spiro atoms. The van der Waals surface area contributed by atoms with Crippen molar-refractivity contribution in [3.05, 3.63) is 29.6 Å². The molecular formula is C15H16ClN3S2. The number of hydrogen-bond donors (Lipinski definition) is 0. The first-order valence-electron chi connectivity index (χ1n) is 6.97. The molecule has 110 valence electrons. The smallest absolute Gasteiger partial charge is 0.111 e. The number of benzene rings is 1. The molecule has 0 saturated carbocycles. The fourth-order valence-electron chi connectivity index (χ4n) is 2.61. The van der Waals surface area contributed by atoms with Crippen LogP contribution in [0.2, 0.25) is 0 Å². The van der Waals surface area contributed by atoms with Crippen LogP contribution in [0.15, 0.2) is 18.2 Å². The van der Waals surface area contributed by atoms with Crippen molar-refractivity contribution in [1.82, 2.24) is 9.55 Å². The van der Waals surface area contributed by atoms with Gasteiger partial charge in [0.2, 0.25) is 0 Å². The molecule has 2 heterocycles. The minimum atomic E-state index is 0.553. The van der Waals surface area contributed by atoms with Gasteiger partial charge in [-0.15, -0.1) is 11.6 Å². The first-order valence-corrected chi connectivity index (χ1v) is 9.71. The third kappa shape index (κ3) is 3.18. The number of fused-ring (bicyclic) bond motifs is 1. The average molecular weight is 338 g/mol. The maximum Gasteiger partial charge on any atom is 0.111 e. The summed E-state index contributed by atoms with van der Waals surface area (Å²) >= 11 is 9.99. The van der Waals surface area contributed by atoms with Crippen molar-refractivity contribution < 1.29 is 0 Å². The number of imidazole rings is 1. The number of hydrogen-bond acceptors (Lipinski definition) is 4. The molecular weight excluding hydrogens is 322 g/mol. The van der Waals surface area contributed by atoms with Crippen molar-refractivity contribution in [2.24, 2.45) is 0 Å². The SMILES string of the molecule is N#Cc1cccc2c1nc(CCCl)n2CC1CSCCS1. The summed E-state index contributed by atoms with van der Waals surface area (Å²) in [6.07, 6.45) is 0.742. The van der Waals surface area contributed by atoms with E-state index >= 15 is 0 Å². The van der Waals surface area contributed by atoms with E-state index in [0.29, 0.717) is 16.7 Å². The molecule has 0 aliphatic carbocycles. The largest absolute Gasteiger partial charge is 0.327 e. The molecule has 1 fully saturated rings. The van der Waals surface area contributed by atoms with Gasteiger partial charge in [-0.25, -0.2) is 4.98 Å². The lowest BCUT2D eigenvalue weighted by Crippen LogP contribution is -2.21. The second kappa shape index (κ2) is 6.95. The second-order valence-electron chi connectivity index (χ2n) is 4.93. The number of thioether (sulfide) groups is 2. The first-order chi connectivity index (χ1) is 10.3. The number of nitriles is 1. The van der Waals surface area contributed by atoms with Gasteiger partial charge in [0.1, 0.15) is 17.4 Å². The van der Waals surface area contributed by atoms with Gasteiger partial charge in [0.25, 0.3) is 0 Å². The Bertz CT molecular complexity index is 671. The van der Waals surface area contributed by atoms with E-state index in [1.165, 1.54) is 17.3 Å². The Balaban J connectivity index is 2.01. The summed E-state index contributed by atoms with van der Waals surface area (Å²) < 4.78 is 2.27. The maximum absolute atomic E-state index is 9.25. The fraction of sp³-hybridized carbons (Fsp3) is 0.467. The van der Waals surface area contributed by atoms with Crippen molar-refractivity contribution in [2.45, 2.75) is 18.2 Å². The summed E-state index contributed by atoms with van der Waals surface area (Å²) in [4.78, 5) is 4.68. The van der Waals surface area contributed by atoms with Crippen LogP contribution in [0, 0.1) is 11.3 Å². The normalized spacial score (nSPS) is 18.8. The van der Waals surface area contributed by atoms with Gasteiger partial charge in [0.05, 0.1) is 11.1 Å². The van der Waals surface area contributed by atoms with Crippen molar-refractivity contribution in [1.29, 1.82) is 5.26 Å². The molecule has 1 aromatic heterocycles. The predicted molar refractivity (Wildman–Crippen MR) is 92.4 cm³/mol. The Kier molecular flexibility index (Phi) is 4.99. The van der Waals surface area contributed by atoms with Crippen LogP contribution in [0.25, 0.3) is 11.0 Å². The van der Waals surface area contributed by atoms with Crippen molar-refractivity contribution in [3.63, 3.8) is 0 Å². The lowest BCUT2D eigenvalue weighted by molar-refractivity contribution is 0.674. The summed E-state index contributed by atoms with van der Waals surface area (Å²) in [5, 5.41) is 9.87. The molecule has 3 rings (SSSR count). The van der Waals surface area contributed by atoms with E-state index in [4.69, 9.17) is 11.6 Å². The van der Waals surface area contributed by atoms with E-state index in [9.17, 15) is 5.26 Å². The zero-order valence-corrected chi connectivity index (χ0v) is 14.0.